The first-order valence-electron chi connectivity index (χ1n) is 5.49. The quantitative estimate of drug-likeness (QED) is 0.729. The van der Waals surface area contributed by atoms with Crippen LogP contribution in [0.25, 0.3) is 17.1 Å². The number of hydrogen-bond acceptors (Lipinski definition) is 4. The summed E-state index contributed by atoms with van der Waals surface area (Å²) in [5.41, 5.74) is 1.42. The summed E-state index contributed by atoms with van der Waals surface area (Å²) in [5.74, 6) is 0. The van der Waals surface area contributed by atoms with Gasteiger partial charge >= 0.3 is 0 Å². The van der Waals surface area contributed by atoms with Crippen LogP contribution in [-0.2, 0) is 0 Å². The van der Waals surface area contributed by atoms with Gasteiger partial charge < -0.3 is 0 Å². The highest BCUT2D eigenvalue weighted by Gasteiger charge is 2.04. The number of nitrogens with zero attached hydrogens (tertiary/aromatic N) is 3. The molecule has 0 fully saturated rings. The molecule has 0 aromatic carbocycles. The molecular formula is C13H8ClN3OS. The summed E-state index contributed by atoms with van der Waals surface area (Å²) >= 11 is 7.15. The number of pyridine rings is 1. The molecule has 4 nitrogen and oxygen atoms in total. The molecule has 0 aliphatic heterocycles. The Morgan fingerprint density at radius 1 is 1.37 bits per heavy atom. The van der Waals surface area contributed by atoms with Gasteiger partial charge in [0, 0.05) is 24.7 Å². The molecule has 0 unspecified atom stereocenters. The number of thiazole rings is 1. The largest absolute Gasteiger partial charge is 0.269 e. The van der Waals surface area contributed by atoms with Crippen molar-refractivity contribution >= 4 is 40.1 Å². The molecule has 0 saturated carbocycles. The van der Waals surface area contributed by atoms with Crippen LogP contribution in [0.15, 0.2) is 41.6 Å². The van der Waals surface area contributed by atoms with Crippen LogP contribution in [-0.4, -0.2) is 14.4 Å². The van der Waals surface area contributed by atoms with E-state index in [9.17, 15) is 4.79 Å². The molecule has 0 bridgehead atoms. The minimum absolute atomic E-state index is 0.140. The topological polar surface area (TPSA) is 47.3 Å². The summed E-state index contributed by atoms with van der Waals surface area (Å²) in [6, 6.07) is 5.25. The molecule has 94 valence electrons. The number of halogens is 1. The molecule has 0 aliphatic rings. The number of rotatable bonds is 2. The highest BCUT2D eigenvalue weighted by atomic mass is 35.5. The fourth-order valence-electron chi connectivity index (χ4n) is 1.63. The van der Waals surface area contributed by atoms with Gasteiger partial charge in [-0.3, -0.25) is 14.2 Å². The lowest BCUT2D eigenvalue weighted by Gasteiger charge is -1.95. The van der Waals surface area contributed by atoms with Crippen molar-refractivity contribution < 1.29 is 0 Å². The van der Waals surface area contributed by atoms with E-state index in [-0.39, 0.29) is 5.56 Å². The maximum Gasteiger partial charge on any atom is 0.259 e. The molecule has 0 N–H and O–H groups in total. The van der Waals surface area contributed by atoms with Gasteiger partial charge in [-0.2, -0.15) is 0 Å². The van der Waals surface area contributed by atoms with Gasteiger partial charge in [-0.25, -0.2) is 4.98 Å². The zero-order chi connectivity index (χ0) is 13.2. The first kappa shape index (κ1) is 12.1. The van der Waals surface area contributed by atoms with Crippen LogP contribution < -0.4 is 5.56 Å². The van der Waals surface area contributed by atoms with Crippen molar-refractivity contribution in [2.24, 2.45) is 0 Å². The average molecular weight is 290 g/mol. The highest BCUT2D eigenvalue weighted by molar-refractivity contribution is 7.20. The lowest BCUT2D eigenvalue weighted by molar-refractivity contribution is 1.07. The van der Waals surface area contributed by atoms with Crippen LogP contribution in [0.4, 0.5) is 0 Å². The lowest BCUT2D eigenvalue weighted by Crippen LogP contribution is -2.11. The predicted molar refractivity (Wildman–Crippen MR) is 77.5 cm³/mol. The van der Waals surface area contributed by atoms with Crippen molar-refractivity contribution in [3.05, 3.63) is 62.7 Å². The summed E-state index contributed by atoms with van der Waals surface area (Å²) in [5, 5.41) is 0. The first-order chi connectivity index (χ1) is 9.22. The Hall–Kier alpha value is -1.98. The fourth-order valence-corrected chi connectivity index (χ4v) is 2.66. The molecule has 3 rings (SSSR count). The van der Waals surface area contributed by atoms with Gasteiger partial charge in [0.25, 0.3) is 5.56 Å². The van der Waals surface area contributed by atoms with E-state index < -0.39 is 0 Å². The van der Waals surface area contributed by atoms with E-state index in [0.717, 1.165) is 5.56 Å². The number of hydrogen-bond donors (Lipinski definition) is 0. The molecule has 19 heavy (non-hydrogen) atoms. The minimum Gasteiger partial charge on any atom is -0.269 e. The monoisotopic (exact) mass is 289 g/mol. The van der Waals surface area contributed by atoms with Crippen molar-refractivity contribution in [3.8, 4) is 0 Å². The third-order valence-corrected chi connectivity index (χ3v) is 3.59. The number of aromatic nitrogens is 3. The molecular weight excluding hydrogens is 282 g/mol. The average Bonchev–Trinajstić information content (AvgIpc) is 2.79. The highest BCUT2D eigenvalue weighted by Crippen LogP contribution is 2.19. The summed E-state index contributed by atoms with van der Waals surface area (Å²) in [6.07, 6.45) is 8.67. The smallest absolute Gasteiger partial charge is 0.259 e. The Balaban J connectivity index is 2.02. The van der Waals surface area contributed by atoms with Crippen LogP contribution in [0.2, 0.25) is 4.34 Å². The molecule has 0 saturated heterocycles. The second kappa shape index (κ2) is 4.95. The zero-order valence-corrected chi connectivity index (χ0v) is 11.2. The SMILES string of the molecule is O=c1cc(C=Cc2cccnc2)nc2sc(Cl)cn12. The van der Waals surface area contributed by atoms with Gasteiger partial charge in [0.1, 0.15) is 4.34 Å². The standard InChI is InChI=1S/C13H8ClN3OS/c14-11-8-17-12(18)6-10(16-13(17)19-11)4-3-9-2-1-5-15-7-9/h1-8H. The Morgan fingerprint density at radius 3 is 3.05 bits per heavy atom. The van der Waals surface area contributed by atoms with Gasteiger partial charge in [0.15, 0.2) is 4.96 Å². The third-order valence-electron chi connectivity index (χ3n) is 2.49. The van der Waals surface area contributed by atoms with Crippen LogP contribution in [0.1, 0.15) is 11.3 Å². The van der Waals surface area contributed by atoms with Crippen molar-refractivity contribution in [2.45, 2.75) is 0 Å². The molecule has 3 heterocycles. The van der Waals surface area contributed by atoms with E-state index in [1.54, 1.807) is 24.7 Å². The van der Waals surface area contributed by atoms with Crippen molar-refractivity contribution in [1.82, 2.24) is 14.4 Å². The van der Waals surface area contributed by atoms with Gasteiger partial charge in [0.05, 0.1) is 5.69 Å². The van der Waals surface area contributed by atoms with E-state index >= 15 is 0 Å². The molecule has 0 radical (unpaired) electrons. The normalized spacial score (nSPS) is 11.4. The molecule has 0 atom stereocenters. The van der Waals surface area contributed by atoms with E-state index in [2.05, 4.69) is 9.97 Å². The maximum atomic E-state index is 11.8. The van der Waals surface area contributed by atoms with Crippen molar-refractivity contribution in [3.63, 3.8) is 0 Å². The third kappa shape index (κ3) is 2.57. The van der Waals surface area contributed by atoms with Gasteiger partial charge in [-0.15, -0.1) is 0 Å². The molecule has 0 aliphatic carbocycles. The van der Waals surface area contributed by atoms with Crippen molar-refractivity contribution in [1.29, 1.82) is 0 Å². The van der Waals surface area contributed by atoms with Gasteiger partial charge in [-0.05, 0) is 17.7 Å². The summed E-state index contributed by atoms with van der Waals surface area (Å²) in [4.78, 5) is 20.8. The Bertz CT molecular complexity index is 808. The lowest BCUT2D eigenvalue weighted by atomic mass is 10.2. The zero-order valence-electron chi connectivity index (χ0n) is 9.65. The molecule has 3 aromatic rings. The Labute approximate surface area is 117 Å². The van der Waals surface area contributed by atoms with Crippen LogP contribution in [0.5, 0.6) is 0 Å². The van der Waals surface area contributed by atoms with E-state index in [1.807, 2.05) is 18.2 Å². The predicted octanol–water partition coefficient (Wildman–Crippen LogP) is 2.97. The minimum atomic E-state index is -0.140. The fraction of sp³-hybridized carbons (Fsp3) is 0. The van der Waals surface area contributed by atoms with Crippen LogP contribution in [0, 0.1) is 0 Å². The molecule has 0 amide bonds. The molecule has 0 spiro atoms. The molecule has 6 heteroatoms. The van der Waals surface area contributed by atoms with Crippen LogP contribution >= 0.6 is 22.9 Å². The number of fused-ring (bicyclic) bond motifs is 1. The summed E-state index contributed by atoms with van der Waals surface area (Å²) in [7, 11) is 0. The molecule has 3 aromatic heterocycles. The maximum absolute atomic E-state index is 11.8. The summed E-state index contributed by atoms with van der Waals surface area (Å²) < 4.78 is 1.98. The van der Waals surface area contributed by atoms with Gasteiger partial charge in [0.2, 0.25) is 0 Å². The van der Waals surface area contributed by atoms with E-state index in [1.165, 1.54) is 21.8 Å². The second-order valence-corrected chi connectivity index (χ2v) is 5.47. The van der Waals surface area contributed by atoms with Crippen molar-refractivity contribution in [2.75, 3.05) is 0 Å². The summed E-state index contributed by atoms with van der Waals surface area (Å²) in [6.45, 7) is 0. The first-order valence-corrected chi connectivity index (χ1v) is 6.69. The van der Waals surface area contributed by atoms with E-state index in [0.29, 0.717) is 15.0 Å². The Kier molecular flexibility index (Phi) is 3.15. The second-order valence-electron chi connectivity index (χ2n) is 3.83. The van der Waals surface area contributed by atoms with E-state index in [4.69, 9.17) is 11.6 Å². The Morgan fingerprint density at radius 2 is 2.26 bits per heavy atom. The van der Waals surface area contributed by atoms with Crippen LogP contribution in [0.3, 0.4) is 0 Å². The van der Waals surface area contributed by atoms with Gasteiger partial charge in [-0.1, -0.05) is 35.1 Å².